The average Bonchev–Trinajstić information content (AvgIpc) is 3.49. The first-order chi connectivity index (χ1) is 20.8. The van der Waals surface area contributed by atoms with Gasteiger partial charge in [-0.05, 0) is 19.1 Å². The third-order valence-electron chi connectivity index (χ3n) is 6.21. The molecule has 1 atom stereocenters. The highest BCUT2D eigenvalue weighted by Gasteiger charge is 2.47. The normalized spacial score (nSPS) is 12.5. The fourth-order valence-electron chi connectivity index (χ4n) is 3.98. The van der Waals surface area contributed by atoms with Crippen molar-refractivity contribution in [2.24, 2.45) is 0 Å². The Morgan fingerprint density at radius 2 is 1.77 bits per heavy atom. The number of ether oxygens (including phenoxy) is 3. The Morgan fingerprint density at radius 1 is 1.11 bits per heavy atom. The number of anilines is 3. The van der Waals surface area contributed by atoms with Crippen molar-refractivity contribution in [1.82, 2.24) is 25.1 Å². The van der Waals surface area contributed by atoms with Crippen molar-refractivity contribution in [2.45, 2.75) is 30.4 Å². The lowest BCUT2D eigenvalue weighted by atomic mass is 10.2. The predicted octanol–water partition coefficient (Wildman–Crippen LogP) is 3.24. The van der Waals surface area contributed by atoms with E-state index in [1.54, 1.807) is 37.3 Å². The molecule has 0 aliphatic heterocycles. The number of amides is 1. The minimum absolute atomic E-state index is 0.0976. The van der Waals surface area contributed by atoms with Gasteiger partial charge in [0.15, 0.2) is 28.2 Å². The van der Waals surface area contributed by atoms with Crippen LogP contribution in [0.5, 0.6) is 17.2 Å². The van der Waals surface area contributed by atoms with E-state index in [0.717, 1.165) is 14.1 Å². The van der Waals surface area contributed by atoms with Crippen molar-refractivity contribution in [3.63, 3.8) is 0 Å². The molecule has 0 spiro atoms. The van der Waals surface area contributed by atoms with Crippen LogP contribution in [0.2, 0.25) is 0 Å². The monoisotopic (exact) mass is 635 g/mol. The summed E-state index contributed by atoms with van der Waals surface area (Å²) in [5.74, 6) is -5.58. The highest BCUT2D eigenvalue weighted by atomic mass is 32.2. The lowest BCUT2D eigenvalue weighted by Gasteiger charge is -2.20. The smallest absolute Gasteiger partial charge is 0.354 e. The number of benzene rings is 2. The molecule has 4 N–H and O–H groups in total. The number of carbonyl (C=O) groups is 1. The predicted molar refractivity (Wildman–Crippen MR) is 156 cm³/mol. The van der Waals surface area contributed by atoms with E-state index in [-0.39, 0.29) is 40.9 Å². The first-order valence-corrected chi connectivity index (χ1v) is 14.5. The molecule has 1 unspecified atom stereocenters. The number of rotatable bonds is 13. The molecule has 2 aromatic carbocycles. The van der Waals surface area contributed by atoms with Gasteiger partial charge in [0.05, 0.1) is 55.4 Å². The fourth-order valence-corrected chi connectivity index (χ4v) is 5.12. The third-order valence-corrected chi connectivity index (χ3v) is 7.52. The minimum atomic E-state index is -4.86. The average molecular weight is 636 g/mol. The van der Waals surface area contributed by atoms with Crippen molar-refractivity contribution in [1.29, 1.82) is 0 Å². The van der Waals surface area contributed by atoms with E-state index in [1.807, 2.05) is 0 Å². The number of methoxy groups -OCH3 is 2. The molecule has 4 rings (SSSR count). The quantitative estimate of drug-likeness (QED) is 0.169. The molecule has 0 fully saturated rings. The maximum Gasteiger partial charge on any atom is 0.354 e. The number of fused-ring (bicyclic) bond motifs is 1. The fraction of sp³-hybridized carbons (Fsp3) is 0.333. The van der Waals surface area contributed by atoms with Crippen LogP contribution < -0.4 is 24.2 Å². The maximum atomic E-state index is 15.0. The van der Waals surface area contributed by atoms with Crippen molar-refractivity contribution in [3.8, 4) is 17.2 Å². The van der Waals surface area contributed by atoms with Gasteiger partial charge in [-0.3, -0.25) is 14.6 Å². The summed E-state index contributed by atoms with van der Waals surface area (Å²) in [4.78, 5) is 21.7. The Balaban J connectivity index is 1.82. The number of alkyl halides is 2. The molecule has 1 amide bonds. The second kappa shape index (κ2) is 12.8. The number of halogens is 2. The molecule has 0 aliphatic carbocycles. The zero-order valence-corrected chi connectivity index (χ0v) is 25.2. The summed E-state index contributed by atoms with van der Waals surface area (Å²) in [7, 11) is 0.211. The number of aromatic nitrogens is 4. The molecule has 2 heterocycles. The Hall–Kier alpha value is -4.77. The molecule has 14 nitrogen and oxygen atoms in total. The Bertz CT molecular complexity index is 1760. The van der Waals surface area contributed by atoms with Gasteiger partial charge >= 0.3 is 5.92 Å². The summed E-state index contributed by atoms with van der Waals surface area (Å²) in [5.41, 5.74) is -0.277. The van der Waals surface area contributed by atoms with Gasteiger partial charge in [-0.15, -0.1) is 0 Å². The standard InChI is InChI=1S/C27H31F2N7O7S/c1-15(37)10-11-43-22-20(12-16(41-4)13-21(22)42-5)33-23-24(32-19-9-7-6-8-18(19)31-23)35-44(39,40)25-17(14-30-34-25)27(28,29)26(38)36(2)3/h6-9,12-15,37H,10-11H2,1-5H3,(H,30,34)(H,31,33)(H,32,35). The third kappa shape index (κ3) is 6.73. The summed E-state index contributed by atoms with van der Waals surface area (Å²) in [6.07, 6.45) is 0.222. The van der Waals surface area contributed by atoms with Crippen LogP contribution in [0.25, 0.3) is 11.0 Å². The molecule has 17 heteroatoms. The van der Waals surface area contributed by atoms with Gasteiger partial charge < -0.3 is 29.5 Å². The zero-order valence-electron chi connectivity index (χ0n) is 24.4. The first kappa shape index (κ1) is 32.2. The molecule has 2 aromatic heterocycles. The maximum absolute atomic E-state index is 15.0. The molecule has 44 heavy (non-hydrogen) atoms. The topological polar surface area (TPSA) is 181 Å². The Kier molecular flexibility index (Phi) is 9.39. The first-order valence-electron chi connectivity index (χ1n) is 13.1. The van der Waals surface area contributed by atoms with Crippen LogP contribution >= 0.6 is 0 Å². The van der Waals surface area contributed by atoms with E-state index in [1.165, 1.54) is 20.3 Å². The van der Waals surface area contributed by atoms with Crippen LogP contribution in [-0.2, 0) is 20.7 Å². The number of aliphatic hydroxyl groups is 1. The lowest BCUT2D eigenvalue weighted by molar-refractivity contribution is -0.156. The molecule has 0 radical (unpaired) electrons. The second-order valence-electron chi connectivity index (χ2n) is 9.72. The van der Waals surface area contributed by atoms with Crippen LogP contribution in [-0.4, -0.2) is 85.5 Å². The largest absolute Gasteiger partial charge is 0.497 e. The second-order valence-corrected chi connectivity index (χ2v) is 11.3. The SMILES string of the molecule is COc1cc(Nc2nc3ccccc3nc2NS(=O)(=O)c2[nH]ncc2C(F)(F)C(=O)N(C)C)c(OCCC(C)O)c(OC)c1. The number of H-pyrrole nitrogens is 1. The summed E-state index contributed by atoms with van der Waals surface area (Å²) >= 11 is 0. The molecule has 0 saturated heterocycles. The zero-order chi connectivity index (χ0) is 32.2. The number of aliphatic hydroxyl groups excluding tert-OH is 1. The summed E-state index contributed by atoms with van der Waals surface area (Å²) in [6.45, 7) is 1.70. The summed E-state index contributed by atoms with van der Waals surface area (Å²) < 4.78 is 76.0. The number of hydrogen-bond donors (Lipinski definition) is 4. The van der Waals surface area contributed by atoms with Crippen LogP contribution in [0.4, 0.5) is 26.1 Å². The van der Waals surface area contributed by atoms with Crippen molar-refractivity contribution >= 4 is 44.3 Å². The molecule has 0 aliphatic rings. The number of aromatic amines is 1. The molecule has 0 bridgehead atoms. The van der Waals surface area contributed by atoms with Gasteiger partial charge in [0.25, 0.3) is 15.9 Å². The molecular weight excluding hydrogens is 604 g/mol. The van der Waals surface area contributed by atoms with Gasteiger partial charge in [-0.25, -0.2) is 9.97 Å². The van der Waals surface area contributed by atoms with E-state index in [4.69, 9.17) is 14.2 Å². The number of carbonyl (C=O) groups excluding carboxylic acids is 1. The van der Waals surface area contributed by atoms with Gasteiger partial charge in [0, 0.05) is 32.6 Å². The summed E-state index contributed by atoms with van der Waals surface area (Å²) in [6, 6.07) is 9.67. The number of sulfonamides is 1. The molecular formula is C27H31F2N7O7S. The Morgan fingerprint density at radius 3 is 2.36 bits per heavy atom. The van der Waals surface area contributed by atoms with Crippen molar-refractivity contribution in [3.05, 3.63) is 48.2 Å². The number of nitrogens with zero attached hydrogens (tertiary/aromatic N) is 4. The van der Waals surface area contributed by atoms with E-state index in [0.29, 0.717) is 28.8 Å². The van der Waals surface area contributed by atoms with E-state index >= 15 is 8.78 Å². The van der Waals surface area contributed by atoms with Gasteiger partial charge in [0.2, 0.25) is 0 Å². The van der Waals surface area contributed by atoms with Crippen LogP contribution in [0, 0.1) is 0 Å². The molecule has 4 aromatic rings. The van der Waals surface area contributed by atoms with E-state index in [2.05, 4.69) is 30.2 Å². The number of para-hydroxylation sites is 2. The highest BCUT2D eigenvalue weighted by molar-refractivity contribution is 7.92. The number of hydrogen-bond acceptors (Lipinski definition) is 11. The minimum Gasteiger partial charge on any atom is -0.497 e. The number of likely N-dealkylation sites (N-methyl/N-ethyl adjacent to an activating group) is 1. The molecule has 236 valence electrons. The van der Waals surface area contributed by atoms with Crippen LogP contribution in [0.1, 0.15) is 18.9 Å². The van der Waals surface area contributed by atoms with E-state index in [9.17, 15) is 18.3 Å². The van der Waals surface area contributed by atoms with Gasteiger partial charge in [0.1, 0.15) is 5.75 Å². The molecule has 0 saturated carbocycles. The van der Waals surface area contributed by atoms with Gasteiger partial charge in [-0.2, -0.15) is 22.3 Å². The van der Waals surface area contributed by atoms with Gasteiger partial charge in [-0.1, -0.05) is 12.1 Å². The number of nitrogens with one attached hydrogen (secondary N) is 3. The van der Waals surface area contributed by atoms with Crippen LogP contribution in [0.3, 0.4) is 0 Å². The van der Waals surface area contributed by atoms with Crippen molar-refractivity contribution in [2.75, 3.05) is 45.0 Å². The van der Waals surface area contributed by atoms with E-state index < -0.39 is 38.5 Å². The summed E-state index contributed by atoms with van der Waals surface area (Å²) in [5, 5.41) is 17.1. The lowest BCUT2D eigenvalue weighted by Crippen LogP contribution is -2.38. The Labute approximate surface area is 251 Å². The van der Waals surface area contributed by atoms with Crippen molar-refractivity contribution < 1.29 is 41.3 Å². The highest BCUT2D eigenvalue weighted by Crippen LogP contribution is 2.42. The van der Waals surface area contributed by atoms with Crippen LogP contribution in [0.15, 0.2) is 47.6 Å².